The summed E-state index contributed by atoms with van der Waals surface area (Å²) in [5, 5.41) is 0.757. The summed E-state index contributed by atoms with van der Waals surface area (Å²) < 4.78 is 51.7. The molecule has 0 aliphatic rings. The second kappa shape index (κ2) is 8.72. The largest absolute Gasteiger partial charge is 0.491 e. The van der Waals surface area contributed by atoms with Crippen molar-refractivity contribution in [2.45, 2.75) is 18.2 Å². The van der Waals surface area contributed by atoms with E-state index in [4.69, 9.17) is 9.47 Å². The van der Waals surface area contributed by atoms with E-state index < -0.39 is 10.0 Å². The van der Waals surface area contributed by atoms with Crippen molar-refractivity contribution in [3.05, 3.63) is 59.5 Å². The number of hydrogen-bond acceptors (Lipinski definition) is 4. The first-order valence-corrected chi connectivity index (χ1v) is 10.4. The number of rotatable bonds is 9. The zero-order chi connectivity index (χ0) is 20.1. The maximum absolute atomic E-state index is 13.5. The van der Waals surface area contributed by atoms with E-state index in [1.807, 2.05) is 0 Å². The Balaban J connectivity index is 1.65. The Morgan fingerprint density at radius 2 is 1.96 bits per heavy atom. The molecule has 2 N–H and O–H groups in total. The molecule has 8 heteroatoms. The average Bonchev–Trinajstić information content (AvgIpc) is 3.05. The summed E-state index contributed by atoms with van der Waals surface area (Å²) >= 11 is 0. The molecule has 28 heavy (non-hydrogen) atoms. The molecule has 3 aromatic rings. The van der Waals surface area contributed by atoms with Crippen LogP contribution in [0.3, 0.4) is 0 Å². The average molecular weight is 406 g/mol. The fraction of sp³-hybridized carbons (Fsp3) is 0.300. The van der Waals surface area contributed by atoms with Crippen LogP contribution in [0.15, 0.2) is 47.5 Å². The minimum atomic E-state index is -3.65. The maximum Gasteiger partial charge on any atom is 0.240 e. The number of H-pyrrole nitrogens is 1. The normalized spacial score (nSPS) is 11.8. The number of aromatic amines is 1. The molecule has 0 bridgehead atoms. The van der Waals surface area contributed by atoms with Gasteiger partial charge >= 0.3 is 0 Å². The van der Waals surface area contributed by atoms with Crippen LogP contribution in [-0.4, -0.2) is 40.3 Å². The van der Waals surface area contributed by atoms with Gasteiger partial charge in [0.05, 0.1) is 11.5 Å². The van der Waals surface area contributed by atoms with Gasteiger partial charge in [-0.15, -0.1) is 0 Å². The molecule has 0 fully saturated rings. The summed E-state index contributed by atoms with van der Waals surface area (Å²) in [5.74, 6) is 0.300. The highest BCUT2D eigenvalue weighted by molar-refractivity contribution is 7.89. The zero-order valence-corrected chi connectivity index (χ0v) is 16.6. The number of halogens is 1. The lowest BCUT2D eigenvalue weighted by atomic mass is 10.1. The Bertz CT molecular complexity index is 1060. The third-order valence-corrected chi connectivity index (χ3v) is 5.88. The van der Waals surface area contributed by atoms with Crippen molar-refractivity contribution in [3.63, 3.8) is 0 Å². The number of fused-ring (bicyclic) bond motifs is 1. The summed E-state index contributed by atoms with van der Waals surface area (Å²) in [4.78, 5) is 3.24. The predicted molar refractivity (Wildman–Crippen MR) is 106 cm³/mol. The van der Waals surface area contributed by atoms with Gasteiger partial charge in [0.2, 0.25) is 10.0 Å². The molecule has 0 unspecified atom stereocenters. The summed E-state index contributed by atoms with van der Waals surface area (Å²) in [6.45, 7) is 2.85. The minimum absolute atomic E-state index is 0.175. The summed E-state index contributed by atoms with van der Waals surface area (Å²) in [6, 6.07) is 9.22. The standard InChI is InChI=1S/C20H23FN2O4S/c1-14-11-17(4-6-20(14)27-10-9-26-2)28(24,25)23-8-7-15-13-22-19-5-3-16(21)12-18(15)19/h3-6,11-13,22-23H,7-10H2,1-2H3. The molecule has 0 aliphatic heterocycles. The fourth-order valence-corrected chi connectivity index (χ4v) is 4.06. The molecular formula is C20H23FN2O4S. The van der Waals surface area contributed by atoms with Crippen LogP contribution in [0, 0.1) is 12.7 Å². The number of nitrogens with one attached hydrogen (secondary N) is 2. The molecule has 0 saturated heterocycles. The number of sulfonamides is 1. The Morgan fingerprint density at radius 3 is 2.71 bits per heavy atom. The second-order valence-corrected chi connectivity index (χ2v) is 8.19. The smallest absolute Gasteiger partial charge is 0.240 e. The van der Waals surface area contributed by atoms with Crippen LogP contribution in [0.4, 0.5) is 4.39 Å². The Kier molecular flexibility index (Phi) is 6.33. The molecule has 0 atom stereocenters. The van der Waals surface area contributed by atoms with Gasteiger partial charge in [0.15, 0.2) is 0 Å². The van der Waals surface area contributed by atoms with Crippen LogP contribution in [0.25, 0.3) is 10.9 Å². The van der Waals surface area contributed by atoms with Gasteiger partial charge in [-0.3, -0.25) is 0 Å². The van der Waals surface area contributed by atoms with E-state index in [0.29, 0.717) is 25.4 Å². The third kappa shape index (κ3) is 4.70. The van der Waals surface area contributed by atoms with E-state index in [0.717, 1.165) is 22.0 Å². The molecule has 150 valence electrons. The topological polar surface area (TPSA) is 80.4 Å². The highest BCUT2D eigenvalue weighted by Gasteiger charge is 2.15. The van der Waals surface area contributed by atoms with Gasteiger partial charge in [-0.1, -0.05) is 0 Å². The monoisotopic (exact) mass is 406 g/mol. The van der Waals surface area contributed by atoms with Gasteiger partial charge < -0.3 is 14.5 Å². The number of aromatic nitrogens is 1. The van der Waals surface area contributed by atoms with Crippen molar-refractivity contribution in [1.82, 2.24) is 9.71 Å². The first-order chi connectivity index (χ1) is 13.4. The number of benzene rings is 2. The summed E-state index contributed by atoms with van der Waals surface area (Å²) in [7, 11) is -2.07. The van der Waals surface area contributed by atoms with Gasteiger partial charge in [0.25, 0.3) is 0 Å². The number of ether oxygens (including phenoxy) is 2. The van der Waals surface area contributed by atoms with E-state index in [2.05, 4.69) is 9.71 Å². The highest BCUT2D eigenvalue weighted by atomic mass is 32.2. The van der Waals surface area contributed by atoms with Crippen LogP contribution >= 0.6 is 0 Å². The van der Waals surface area contributed by atoms with Crippen molar-refractivity contribution in [2.75, 3.05) is 26.9 Å². The first kappa shape index (κ1) is 20.3. The molecule has 0 radical (unpaired) electrons. The molecule has 3 rings (SSSR count). The van der Waals surface area contributed by atoms with Crippen LogP contribution < -0.4 is 9.46 Å². The lowest BCUT2D eigenvalue weighted by molar-refractivity contribution is 0.146. The summed E-state index contributed by atoms with van der Waals surface area (Å²) in [6.07, 6.45) is 2.22. The van der Waals surface area contributed by atoms with Crippen molar-refractivity contribution < 1.29 is 22.3 Å². The first-order valence-electron chi connectivity index (χ1n) is 8.88. The molecule has 0 aliphatic carbocycles. The fourth-order valence-electron chi connectivity index (χ4n) is 2.95. The van der Waals surface area contributed by atoms with Crippen molar-refractivity contribution in [3.8, 4) is 5.75 Å². The Labute approximate surface area is 163 Å². The van der Waals surface area contributed by atoms with Gasteiger partial charge in [0, 0.05) is 30.8 Å². The molecule has 0 spiro atoms. The highest BCUT2D eigenvalue weighted by Crippen LogP contribution is 2.22. The van der Waals surface area contributed by atoms with Gasteiger partial charge in [-0.25, -0.2) is 17.5 Å². The van der Waals surface area contributed by atoms with Crippen LogP contribution in [-0.2, 0) is 21.2 Å². The number of hydrogen-bond donors (Lipinski definition) is 2. The maximum atomic E-state index is 13.5. The molecule has 1 heterocycles. The SMILES string of the molecule is COCCOc1ccc(S(=O)(=O)NCCc2c[nH]c3ccc(F)cc23)cc1C. The number of methoxy groups -OCH3 is 1. The zero-order valence-electron chi connectivity index (χ0n) is 15.8. The van der Waals surface area contributed by atoms with E-state index in [1.165, 1.54) is 18.2 Å². The second-order valence-electron chi connectivity index (χ2n) is 6.42. The molecule has 0 saturated carbocycles. The van der Waals surface area contributed by atoms with Crippen LogP contribution in [0.1, 0.15) is 11.1 Å². The van der Waals surface area contributed by atoms with E-state index in [1.54, 1.807) is 38.4 Å². The van der Waals surface area contributed by atoms with Crippen molar-refractivity contribution >= 4 is 20.9 Å². The number of aryl methyl sites for hydroxylation is 1. The van der Waals surface area contributed by atoms with E-state index in [-0.39, 0.29) is 17.3 Å². The predicted octanol–water partition coefficient (Wildman–Crippen LogP) is 3.16. The van der Waals surface area contributed by atoms with Crippen molar-refractivity contribution in [2.24, 2.45) is 0 Å². The van der Waals surface area contributed by atoms with Gasteiger partial charge in [-0.05, 0) is 60.9 Å². The quantitative estimate of drug-likeness (QED) is 0.535. The lowest BCUT2D eigenvalue weighted by Crippen LogP contribution is -2.26. The van der Waals surface area contributed by atoms with Gasteiger partial charge in [0.1, 0.15) is 18.2 Å². The van der Waals surface area contributed by atoms with E-state index >= 15 is 0 Å². The molecule has 6 nitrogen and oxygen atoms in total. The lowest BCUT2D eigenvalue weighted by Gasteiger charge is -2.11. The van der Waals surface area contributed by atoms with Crippen molar-refractivity contribution in [1.29, 1.82) is 0 Å². The molecule has 2 aromatic carbocycles. The Morgan fingerprint density at radius 1 is 1.14 bits per heavy atom. The molecule has 1 aromatic heterocycles. The summed E-state index contributed by atoms with van der Waals surface area (Å²) in [5.41, 5.74) is 2.40. The van der Waals surface area contributed by atoms with Crippen LogP contribution in [0.2, 0.25) is 0 Å². The molecular weight excluding hydrogens is 383 g/mol. The van der Waals surface area contributed by atoms with Crippen LogP contribution in [0.5, 0.6) is 5.75 Å². The molecule has 0 amide bonds. The third-order valence-electron chi connectivity index (χ3n) is 4.42. The van der Waals surface area contributed by atoms with E-state index in [9.17, 15) is 12.8 Å². The Hall–Kier alpha value is -2.42. The van der Waals surface area contributed by atoms with Gasteiger partial charge in [-0.2, -0.15) is 0 Å². The minimum Gasteiger partial charge on any atom is -0.491 e.